The first-order chi connectivity index (χ1) is 10.7. The zero-order valence-electron chi connectivity index (χ0n) is 11.3. The molecule has 2 N–H and O–H groups in total. The average molecular weight is 328 g/mol. The van der Waals surface area contributed by atoms with Crippen molar-refractivity contribution in [1.82, 2.24) is 5.32 Å². The molecule has 2 aromatic rings. The largest absolute Gasteiger partial charge is 0.340 e. The van der Waals surface area contributed by atoms with Crippen LogP contribution in [0.1, 0.15) is 10.4 Å². The molecule has 6 heteroatoms. The van der Waals surface area contributed by atoms with Gasteiger partial charge in [-0.05, 0) is 36.4 Å². The second-order valence-electron chi connectivity index (χ2n) is 4.50. The fourth-order valence-electron chi connectivity index (χ4n) is 2.00. The van der Waals surface area contributed by atoms with Crippen molar-refractivity contribution in [3.8, 4) is 6.07 Å². The number of nitrogens with one attached hydrogen (secondary N) is 2. The van der Waals surface area contributed by atoms with Crippen LogP contribution >= 0.6 is 23.4 Å². The van der Waals surface area contributed by atoms with Crippen molar-refractivity contribution >= 4 is 35.0 Å². The van der Waals surface area contributed by atoms with Crippen LogP contribution in [0, 0.1) is 11.3 Å². The van der Waals surface area contributed by atoms with Crippen molar-refractivity contribution in [1.29, 1.82) is 5.26 Å². The lowest BCUT2D eigenvalue weighted by molar-refractivity contribution is 0.0964. The SMILES string of the molecule is N#C/C(Sc1ccc(Cl)cc1)=C1/NC(=O)c2ccccc2N1. The smallest absolute Gasteiger partial charge is 0.258 e. The normalized spacial score (nSPS) is 15.2. The van der Waals surface area contributed by atoms with Crippen molar-refractivity contribution in [3.05, 3.63) is 69.8 Å². The van der Waals surface area contributed by atoms with E-state index in [1.165, 1.54) is 11.8 Å². The Morgan fingerprint density at radius 1 is 1.09 bits per heavy atom. The Morgan fingerprint density at radius 3 is 2.55 bits per heavy atom. The van der Waals surface area contributed by atoms with E-state index in [0.29, 0.717) is 27.0 Å². The average Bonchev–Trinajstić information content (AvgIpc) is 2.54. The number of fused-ring (bicyclic) bond motifs is 1. The number of para-hydroxylation sites is 1. The first-order valence-electron chi connectivity index (χ1n) is 6.42. The first kappa shape index (κ1) is 14.5. The van der Waals surface area contributed by atoms with Gasteiger partial charge in [-0.1, -0.05) is 35.5 Å². The molecule has 0 saturated carbocycles. The highest BCUT2D eigenvalue weighted by Gasteiger charge is 2.22. The summed E-state index contributed by atoms with van der Waals surface area (Å²) in [5.41, 5.74) is 1.24. The third-order valence-electron chi connectivity index (χ3n) is 3.03. The molecule has 0 spiro atoms. The third kappa shape index (κ3) is 2.93. The summed E-state index contributed by atoms with van der Waals surface area (Å²) >= 11 is 7.11. The summed E-state index contributed by atoms with van der Waals surface area (Å²) in [6.45, 7) is 0. The number of carbonyl (C=O) groups excluding carboxylic acids is 1. The van der Waals surface area contributed by atoms with Gasteiger partial charge in [-0.3, -0.25) is 4.79 Å². The van der Waals surface area contributed by atoms with Crippen molar-refractivity contribution in [2.75, 3.05) is 5.32 Å². The number of anilines is 1. The second-order valence-corrected chi connectivity index (χ2v) is 6.02. The summed E-state index contributed by atoms with van der Waals surface area (Å²) in [5, 5.41) is 15.8. The van der Waals surface area contributed by atoms with E-state index in [1.807, 2.05) is 18.2 Å². The maximum absolute atomic E-state index is 12.1. The molecule has 1 aliphatic heterocycles. The van der Waals surface area contributed by atoms with Crippen LogP contribution in [0.2, 0.25) is 5.02 Å². The summed E-state index contributed by atoms with van der Waals surface area (Å²) in [4.78, 5) is 13.3. The van der Waals surface area contributed by atoms with Crippen molar-refractivity contribution < 1.29 is 4.79 Å². The second kappa shape index (κ2) is 6.14. The molecule has 0 saturated heterocycles. The van der Waals surface area contributed by atoms with Crippen LogP contribution in [0.4, 0.5) is 5.69 Å². The van der Waals surface area contributed by atoms with Gasteiger partial charge in [-0.25, -0.2) is 0 Å². The monoisotopic (exact) mass is 327 g/mol. The van der Waals surface area contributed by atoms with E-state index in [4.69, 9.17) is 11.6 Å². The quantitative estimate of drug-likeness (QED) is 0.647. The molecule has 0 fully saturated rings. The molecule has 0 bridgehead atoms. The minimum Gasteiger partial charge on any atom is -0.340 e. The highest BCUT2D eigenvalue weighted by atomic mass is 35.5. The Kier molecular flexibility index (Phi) is 4.05. The van der Waals surface area contributed by atoms with Gasteiger partial charge >= 0.3 is 0 Å². The number of amides is 1. The highest BCUT2D eigenvalue weighted by Crippen LogP contribution is 2.31. The minimum atomic E-state index is -0.228. The van der Waals surface area contributed by atoms with Crippen molar-refractivity contribution in [2.24, 2.45) is 0 Å². The van der Waals surface area contributed by atoms with E-state index in [2.05, 4.69) is 16.7 Å². The zero-order valence-corrected chi connectivity index (χ0v) is 12.8. The molecule has 1 amide bonds. The molecule has 4 nitrogen and oxygen atoms in total. The van der Waals surface area contributed by atoms with Crippen molar-refractivity contribution in [3.63, 3.8) is 0 Å². The molecule has 0 aromatic heterocycles. The highest BCUT2D eigenvalue weighted by molar-refractivity contribution is 8.03. The number of nitriles is 1. The molecule has 0 radical (unpaired) electrons. The van der Waals surface area contributed by atoms with Crippen LogP contribution in [0.15, 0.2) is 64.2 Å². The van der Waals surface area contributed by atoms with Gasteiger partial charge in [0.15, 0.2) is 0 Å². The third-order valence-corrected chi connectivity index (χ3v) is 4.29. The summed E-state index contributed by atoms with van der Waals surface area (Å²) in [5.74, 6) is 0.167. The summed E-state index contributed by atoms with van der Waals surface area (Å²) in [6.07, 6.45) is 0. The van der Waals surface area contributed by atoms with Gasteiger partial charge in [0.05, 0.1) is 11.3 Å². The van der Waals surface area contributed by atoms with Gasteiger partial charge in [-0.2, -0.15) is 5.26 Å². The van der Waals surface area contributed by atoms with Crippen LogP contribution in [-0.4, -0.2) is 5.91 Å². The zero-order chi connectivity index (χ0) is 15.5. The van der Waals surface area contributed by atoms with E-state index in [-0.39, 0.29) is 5.91 Å². The van der Waals surface area contributed by atoms with E-state index >= 15 is 0 Å². The molecule has 3 rings (SSSR count). The van der Waals surface area contributed by atoms with Gasteiger partial charge in [0.25, 0.3) is 5.91 Å². The van der Waals surface area contributed by atoms with Crippen LogP contribution < -0.4 is 10.6 Å². The summed E-state index contributed by atoms with van der Waals surface area (Å²) in [7, 11) is 0. The van der Waals surface area contributed by atoms with Gasteiger partial charge < -0.3 is 10.6 Å². The predicted octanol–water partition coefficient (Wildman–Crippen LogP) is 3.98. The van der Waals surface area contributed by atoms with Crippen LogP contribution in [0.5, 0.6) is 0 Å². The van der Waals surface area contributed by atoms with E-state index in [1.54, 1.807) is 30.3 Å². The Morgan fingerprint density at radius 2 is 1.82 bits per heavy atom. The van der Waals surface area contributed by atoms with E-state index < -0.39 is 0 Å². The number of nitrogens with zero attached hydrogens (tertiary/aromatic N) is 1. The number of allylic oxidation sites excluding steroid dienone is 1. The van der Waals surface area contributed by atoms with Crippen LogP contribution in [0.25, 0.3) is 0 Å². The Labute approximate surface area is 136 Å². The van der Waals surface area contributed by atoms with Gasteiger partial charge in [-0.15, -0.1) is 0 Å². The van der Waals surface area contributed by atoms with Crippen LogP contribution in [-0.2, 0) is 0 Å². The molecule has 1 heterocycles. The number of benzene rings is 2. The lowest BCUT2D eigenvalue weighted by Crippen LogP contribution is -2.33. The Bertz CT molecular complexity index is 809. The van der Waals surface area contributed by atoms with Gasteiger partial charge in [0.2, 0.25) is 0 Å². The number of hydrogen-bond donors (Lipinski definition) is 2. The molecule has 1 aliphatic rings. The molecule has 0 atom stereocenters. The topological polar surface area (TPSA) is 64.9 Å². The Balaban J connectivity index is 1.93. The molecular weight excluding hydrogens is 318 g/mol. The number of halogens is 1. The van der Waals surface area contributed by atoms with E-state index in [0.717, 1.165) is 4.90 Å². The van der Waals surface area contributed by atoms with Gasteiger partial charge in [0, 0.05) is 9.92 Å². The van der Waals surface area contributed by atoms with Crippen LogP contribution in [0.3, 0.4) is 0 Å². The fraction of sp³-hybridized carbons (Fsp3) is 0. The lowest BCUT2D eigenvalue weighted by Gasteiger charge is -2.22. The molecule has 22 heavy (non-hydrogen) atoms. The lowest BCUT2D eigenvalue weighted by atomic mass is 10.1. The molecular formula is C16H10ClN3OS. The molecule has 108 valence electrons. The fourth-order valence-corrected chi connectivity index (χ4v) is 2.88. The number of hydrogen-bond acceptors (Lipinski definition) is 4. The summed E-state index contributed by atoms with van der Waals surface area (Å²) in [6, 6.07) is 16.4. The maximum Gasteiger partial charge on any atom is 0.258 e. The predicted molar refractivity (Wildman–Crippen MR) is 87.5 cm³/mol. The van der Waals surface area contributed by atoms with Crippen molar-refractivity contribution in [2.45, 2.75) is 4.90 Å². The number of thioether (sulfide) groups is 1. The molecule has 2 aromatic carbocycles. The summed E-state index contributed by atoms with van der Waals surface area (Å²) < 4.78 is 0. The number of rotatable bonds is 2. The maximum atomic E-state index is 12.1. The standard InChI is InChI=1S/C16H10ClN3OS/c17-10-5-7-11(8-6-10)22-14(9-18)15-19-13-4-2-1-3-12(13)16(21)20-15/h1-8,19H,(H,20,21)/b15-14-. The molecule has 0 aliphatic carbocycles. The number of carbonyl (C=O) groups is 1. The first-order valence-corrected chi connectivity index (χ1v) is 7.62. The van der Waals surface area contributed by atoms with E-state index in [9.17, 15) is 10.1 Å². The minimum absolute atomic E-state index is 0.228. The van der Waals surface area contributed by atoms with Gasteiger partial charge in [0.1, 0.15) is 16.8 Å². The molecule has 0 unspecified atom stereocenters. The Hall–Kier alpha value is -2.42.